The predicted molar refractivity (Wildman–Crippen MR) is 223 cm³/mol. The van der Waals surface area contributed by atoms with Gasteiger partial charge in [-0.05, 0) is 64.4 Å². The first kappa shape index (κ1) is 29.9. The fourth-order valence-electron chi connectivity index (χ4n) is 8.56. The van der Waals surface area contributed by atoms with Crippen LogP contribution in [0.15, 0.2) is 180 Å². The lowest BCUT2D eigenvalue weighted by Gasteiger charge is -2.24. The third-order valence-corrected chi connectivity index (χ3v) is 11.0. The fourth-order valence-corrected chi connectivity index (χ4v) is 8.56. The van der Waals surface area contributed by atoms with E-state index in [9.17, 15) is 0 Å². The van der Waals surface area contributed by atoms with Crippen molar-refractivity contribution < 1.29 is 4.42 Å². The van der Waals surface area contributed by atoms with Crippen molar-refractivity contribution in [3.63, 3.8) is 0 Å². The van der Waals surface area contributed by atoms with Gasteiger partial charge in [0.25, 0.3) is 0 Å². The zero-order valence-corrected chi connectivity index (χ0v) is 29.4. The molecule has 0 amide bonds. The van der Waals surface area contributed by atoms with Gasteiger partial charge < -0.3 is 8.98 Å². The number of hydrogen-bond acceptors (Lipinski definition) is 4. The average Bonchev–Trinajstić information content (AvgIpc) is 3.59. The molecule has 0 radical (unpaired) electrons. The molecule has 0 fully saturated rings. The lowest BCUT2D eigenvalue weighted by atomic mass is 9.91. The van der Waals surface area contributed by atoms with Crippen molar-refractivity contribution in [3.8, 4) is 45.5 Å². The highest BCUT2D eigenvalue weighted by Crippen LogP contribution is 2.46. The normalized spacial score (nSPS) is 12.0. The number of hydrogen-bond donors (Lipinski definition) is 0. The molecule has 0 unspecified atom stereocenters. The number of pyridine rings is 1. The van der Waals surface area contributed by atoms with Gasteiger partial charge in [-0.15, -0.1) is 0 Å². The Labute approximate surface area is 314 Å². The van der Waals surface area contributed by atoms with Crippen molar-refractivity contribution in [3.05, 3.63) is 176 Å². The van der Waals surface area contributed by atoms with Crippen molar-refractivity contribution in [2.45, 2.75) is 0 Å². The monoisotopic (exact) mass is 703 g/mol. The summed E-state index contributed by atoms with van der Waals surface area (Å²) in [6.07, 6.45) is 0. The van der Waals surface area contributed by atoms with Crippen LogP contribution in [-0.2, 0) is 0 Å². The van der Waals surface area contributed by atoms with Crippen LogP contribution in [0.25, 0.3) is 111 Å². The molecule has 4 heterocycles. The van der Waals surface area contributed by atoms with E-state index in [-0.39, 0.29) is 0 Å². The van der Waals surface area contributed by atoms with Crippen LogP contribution in [-0.4, -0.2) is 24.1 Å². The Morgan fingerprint density at radius 1 is 0.364 bits per heavy atom. The first-order chi connectivity index (χ1) is 27.3. The molecule has 0 atom stereocenters. The molecule has 0 N–H and O–H groups in total. The molecule has 2 aromatic heterocycles. The molecule has 2 aliphatic heterocycles. The quantitative estimate of drug-likeness (QED) is 0.135. The minimum atomic E-state index is 0.573. The van der Waals surface area contributed by atoms with Crippen molar-refractivity contribution in [2.75, 3.05) is 0 Å². The second-order valence-electron chi connectivity index (χ2n) is 14.0. The largest absolute Gasteiger partial charge is 0.453 e. The Morgan fingerprint density at radius 3 is 1.65 bits per heavy atom. The van der Waals surface area contributed by atoms with Gasteiger partial charge in [-0.3, -0.25) is 4.57 Å². The average molecular weight is 704 g/mol. The van der Waals surface area contributed by atoms with E-state index in [1.807, 2.05) is 66.7 Å². The molecule has 6 nitrogen and oxygen atoms in total. The highest BCUT2D eigenvalue weighted by atomic mass is 16.3. The van der Waals surface area contributed by atoms with Crippen molar-refractivity contribution >= 4 is 65.6 Å². The van der Waals surface area contributed by atoms with Crippen LogP contribution in [0.5, 0.6) is 0 Å². The van der Waals surface area contributed by atoms with Gasteiger partial charge in [0, 0.05) is 32.7 Å². The molecule has 12 rings (SSSR count). The maximum Gasteiger partial charge on any atom is 0.238 e. The summed E-state index contributed by atoms with van der Waals surface area (Å²) in [5.41, 5.74) is 11.1. The van der Waals surface area contributed by atoms with E-state index < -0.39 is 0 Å². The molecule has 0 aliphatic carbocycles. The van der Waals surface area contributed by atoms with E-state index in [0.29, 0.717) is 17.6 Å². The molecule has 0 saturated heterocycles. The molecule has 0 saturated carbocycles. The van der Waals surface area contributed by atoms with E-state index in [2.05, 4.69) is 118 Å². The predicted octanol–water partition coefficient (Wildman–Crippen LogP) is 12.4. The summed E-state index contributed by atoms with van der Waals surface area (Å²) < 4.78 is 11.3. The third-order valence-electron chi connectivity index (χ3n) is 11.0. The number of fused-ring (bicyclic) bond motifs is 8. The Bertz CT molecular complexity index is 3370. The van der Waals surface area contributed by atoms with Gasteiger partial charge in [-0.25, -0.2) is 4.98 Å². The zero-order chi connectivity index (χ0) is 36.0. The topological polar surface area (TPSA) is 61.7 Å². The van der Waals surface area contributed by atoms with Gasteiger partial charge in [0.05, 0.1) is 27.8 Å². The Balaban J connectivity index is 1.14. The maximum atomic E-state index is 6.77. The van der Waals surface area contributed by atoms with Gasteiger partial charge >= 0.3 is 0 Å². The van der Waals surface area contributed by atoms with Crippen LogP contribution in [0, 0.1) is 0 Å². The van der Waals surface area contributed by atoms with Crippen LogP contribution in [0.2, 0.25) is 0 Å². The Hall–Kier alpha value is -7.57. The first-order valence-corrected chi connectivity index (χ1v) is 18.5. The number of aromatic nitrogens is 5. The van der Waals surface area contributed by atoms with Gasteiger partial charge in [-0.2, -0.15) is 9.97 Å². The number of benzene rings is 8. The smallest absolute Gasteiger partial charge is 0.238 e. The third kappa shape index (κ3) is 4.39. The standard InChI is InChI=1S/C49H29N5O/c1-3-14-30(15-4-1)47-50-48(31-16-5-2-6-17-31)52-49(51-47)54-40-23-10-8-19-34(40)38-28-32(26-27-41(38)54)37-29-44-46-45-35(20-13-21-36(37)45)33-18-7-9-22-39(33)53(46)42-24-11-12-25-43(42)55-44/h1-29H. The Morgan fingerprint density at radius 2 is 0.927 bits per heavy atom. The van der Waals surface area contributed by atoms with Crippen molar-refractivity contribution in [1.29, 1.82) is 0 Å². The lowest BCUT2D eigenvalue weighted by Crippen LogP contribution is -2.06. The van der Waals surface area contributed by atoms with Crippen LogP contribution < -0.4 is 0 Å². The van der Waals surface area contributed by atoms with Crippen molar-refractivity contribution in [2.24, 2.45) is 0 Å². The van der Waals surface area contributed by atoms with Gasteiger partial charge in [0.1, 0.15) is 0 Å². The second kappa shape index (κ2) is 11.5. The minimum Gasteiger partial charge on any atom is -0.453 e. The summed E-state index contributed by atoms with van der Waals surface area (Å²) in [7, 11) is 0. The van der Waals surface area contributed by atoms with Crippen LogP contribution >= 0.6 is 0 Å². The summed E-state index contributed by atoms with van der Waals surface area (Å²) in [4.78, 5) is 15.2. The van der Waals surface area contributed by atoms with E-state index in [1.165, 1.54) is 21.5 Å². The highest BCUT2D eigenvalue weighted by molar-refractivity contribution is 6.23. The van der Waals surface area contributed by atoms with Crippen LogP contribution in [0.4, 0.5) is 0 Å². The van der Waals surface area contributed by atoms with Crippen molar-refractivity contribution in [1.82, 2.24) is 24.1 Å². The van der Waals surface area contributed by atoms with E-state index >= 15 is 0 Å². The van der Waals surface area contributed by atoms with Gasteiger partial charge in [-0.1, -0.05) is 133 Å². The summed E-state index contributed by atoms with van der Waals surface area (Å²) in [6, 6.07) is 61.4. The summed E-state index contributed by atoms with van der Waals surface area (Å²) in [6.45, 7) is 0. The lowest BCUT2D eigenvalue weighted by molar-refractivity contribution is 0.648. The molecular formula is C49H29N5O. The molecule has 2 aliphatic rings. The Kier molecular flexibility index (Phi) is 6.24. The fraction of sp³-hybridized carbons (Fsp3) is 0. The summed E-state index contributed by atoms with van der Waals surface area (Å²) >= 11 is 0. The molecule has 8 aromatic carbocycles. The number of nitrogens with zero attached hydrogens (tertiary/aromatic N) is 5. The molecule has 0 bridgehead atoms. The number of rotatable bonds is 4. The zero-order valence-electron chi connectivity index (χ0n) is 29.4. The second-order valence-corrected chi connectivity index (χ2v) is 14.0. The van der Waals surface area contributed by atoms with Gasteiger partial charge in [0.15, 0.2) is 22.8 Å². The van der Waals surface area contributed by atoms with Crippen LogP contribution in [0.3, 0.4) is 0 Å². The molecule has 10 aromatic rings. The molecule has 55 heavy (non-hydrogen) atoms. The minimum absolute atomic E-state index is 0.573. The van der Waals surface area contributed by atoms with Crippen LogP contribution in [0.1, 0.15) is 0 Å². The SMILES string of the molecule is c1ccc(-c2nc(-c3ccccc3)nc(-n3c4ccccc4c4cc(-c5cc6oc7ccccc7n7c8ccccc8c8cccc5c8c6-7)ccc43)n2)cc1. The summed E-state index contributed by atoms with van der Waals surface area (Å²) in [5.74, 6) is 1.83. The maximum absolute atomic E-state index is 6.77. The van der Waals surface area contributed by atoms with E-state index in [1.54, 1.807) is 0 Å². The molecule has 256 valence electrons. The number of para-hydroxylation sites is 4. The molecule has 6 heteroatoms. The van der Waals surface area contributed by atoms with Gasteiger partial charge in [0.2, 0.25) is 5.95 Å². The van der Waals surface area contributed by atoms with E-state index in [4.69, 9.17) is 19.4 Å². The first-order valence-electron chi connectivity index (χ1n) is 18.5. The van der Waals surface area contributed by atoms with E-state index in [0.717, 1.165) is 71.9 Å². The summed E-state index contributed by atoms with van der Waals surface area (Å²) in [5, 5.41) is 7.03. The molecular weight excluding hydrogens is 675 g/mol. The molecule has 0 spiro atoms. The highest BCUT2D eigenvalue weighted by Gasteiger charge is 2.24.